The lowest BCUT2D eigenvalue weighted by molar-refractivity contribution is -0.127. The molecule has 3 aromatic rings. The Hall–Kier alpha value is -2.66. The Bertz CT molecular complexity index is 1370. The van der Waals surface area contributed by atoms with E-state index in [2.05, 4.69) is 34.5 Å². The summed E-state index contributed by atoms with van der Waals surface area (Å²) in [4.78, 5) is 31.0. The van der Waals surface area contributed by atoms with Gasteiger partial charge < -0.3 is 5.32 Å². The van der Waals surface area contributed by atoms with Crippen LogP contribution in [-0.2, 0) is 10.3 Å². The molecular weight excluding hydrogens is 479 g/mol. The molecule has 3 heterocycles. The van der Waals surface area contributed by atoms with Crippen molar-refractivity contribution < 1.29 is 9.59 Å². The molecule has 3 aliphatic heterocycles. The Morgan fingerprint density at radius 1 is 1.03 bits per heavy atom. The lowest BCUT2D eigenvalue weighted by Gasteiger charge is -2.37. The number of aryl methyl sites for hydroxylation is 2. The van der Waals surface area contributed by atoms with Crippen LogP contribution in [0.5, 0.6) is 0 Å². The smallest absolute Gasteiger partial charge is 0.250 e. The fourth-order valence-corrected chi connectivity index (χ4v) is 7.19. The Balaban J connectivity index is 1.64. The highest BCUT2D eigenvalue weighted by atomic mass is 35.5. The number of nitrogens with one attached hydrogen (secondary N) is 1. The first-order valence-corrected chi connectivity index (χ1v) is 12.8. The second kappa shape index (κ2) is 8.19. The SMILES string of the molecule is Cc1cc(C)c2c(c1)[C@]1(C(=O)N2)C(C(=O)c2ccc(Cl)c(Cl)c2)C(c2ccccc2)C2CCCN21. The lowest BCUT2D eigenvalue weighted by atomic mass is 9.68. The second-order valence-corrected chi connectivity index (χ2v) is 10.8. The third kappa shape index (κ3) is 3.16. The summed E-state index contributed by atoms with van der Waals surface area (Å²) in [5.74, 6) is -0.910. The van der Waals surface area contributed by atoms with E-state index in [1.54, 1.807) is 18.2 Å². The van der Waals surface area contributed by atoms with Gasteiger partial charge in [-0.25, -0.2) is 0 Å². The number of Topliss-reactive ketones (excluding diaryl/α,β-unsaturated/α-hetero) is 1. The van der Waals surface area contributed by atoms with Gasteiger partial charge in [-0.3, -0.25) is 14.5 Å². The van der Waals surface area contributed by atoms with Crippen LogP contribution < -0.4 is 5.32 Å². The molecule has 0 aliphatic carbocycles. The van der Waals surface area contributed by atoms with Gasteiger partial charge in [0.25, 0.3) is 0 Å². The molecule has 3 aliphatic rings. The van der Waals surface area contributed by atoms with Crippen molar-refractivity contribution in [3.63, 3.8) is 0 Å². The van der Waals surface area contributed by atoms with Gasteiger partial charge in [0.15, 0.2) is 5.78 Å². The number of nitrogens with zero attached hydrogens (tertiary/aromatic N) is 1. The number of carbonyl (C=O) groups excluding carboxylic acids is 2. The zero-order valence-corrected chi connectivity index (χ0v) is 21.2. The Labute approximate surface area is 215 Å². The van der Waals surface area contributed by atoms with Crippen LogP contribution in [0.15, 0.2) is 60.7 Å². The molecule has 3 unspecified atom stereocenters. The predicted octanol–water partition coefficient (Wildman–Crippen LogP) is 6.52. The molecule has 6 heteroatoms. The minimum absolute atomic E-state index is 0.0750. The number of hydrogen-bond acceptors (Lipinski definition) is 3. The molecule has 1 spiro atoms. The first kappa shape index (κ1) is 22.8. The van der Waals surface area contributed by atoms with Crippen LogP contribution in [0.25, 0.3) is 0 Å². The molecule has 0 saturated carbocycles. The van der Waals surface area contributed by atoms with Gasteiger partial charge in [-0.05, 0) is 62.6 Å². The van der Waals surface area contributed by atoms with E-state index in [4.69, 9.17) is 23.2 Å². The maximum atomic E-state index is 14.5. The average molecular weight is 505 g/mol. The standard InChI is InChI=1S/C29H26Cl2N2O2/c1-16-13-17(2)26-20(14-16)29(28(35)32-26)25(27(34)19-10-11-21(30)22(31)15-19)24(18-7-4-3-5-8-18)23-9-6-12-33(23)29/h3-5,7-8,10-11,13-15,23-25H,6,9,12H2,1-2H3,(H,32,35)/t23?,24?,25?,29-/m1/s1. The van der Waals surface area contributed by atoms with Crippen molar-refractivity contribution in [1.29, 1.82) is 0 Å². The second-order valence-electron chi connectivity index (χ2n) is 10.0. The molecular formula is C29H26Cl2N2O2. The fraction of sp³-hybridized carbons (Fsp3) is 0.310. The van der Waals surface area contributed by atoms with Crippen molar-refractivity contribution in [2.24, 2.45) is 5.92 Å². The van der Waals surface area contributed by atoms with Gasteiger partial charge in [0.2, 0.25) is 5.91 Å². The van der Waals surface area contributed by atoms with Crippen molar-refractivity contribution in [2.75, 3.05) is 11.9 Å². The van der Waals surface area contributed by atoms with Gasteiger partial charge in [0.05, 0.1) is 16.0 Å². The molecule has 1 N–H and O–H groups in total. The summed E-state index contributed by atoms with van der Waals surface area (Å²) in [7, 11) is 0. The molecule has 4 atom stereocenters. The first-order valence-electron chi connectivity index (χ1n) is 12.1. The molecule has 4 nitrogen and oxygen atoms in total. The van der Waals surface area contributed by atoms with E-state index < -0.39 is 11.5 Å². The van der Waals surface area contributed by atoms with Crippen molar-refractivity contribution in [3.05, 3.63) is 98.5 Å². The Kier molecular flexibility index (Phi) is 5.33. The van der Waals surface area contributed by atoms with Gasteiger partial charge in [0, 0.05) is 28.8 Å². The normalized spacial score (nSPS) is 27.2. The zero-order chi connectivity index (χ0) is 24.5. The number of ketones is 1. The zero-order valence-electron chi connectivity index (χ0n) is 19.6. The van der Waals surface area contributed by atoms with E-state index in [0.717, 1.165) is 47.3 Å². The largest absolute Gasteiger partial charge is 0.324 e. The van der Waals surface area contributed by atoms with Gasteiger partial charge in [0.1, 0.15) is 5.54 Å². The number of benzene rings is 3. The molecule has 2 saturated heterocycles. The highest BCUT2D eigenvalue weighted by molar-refractivity contribution is 6.42. The molecule has 0 radical (unpaired) electrons. The van der Waals surface area contributed by atoms with Gasteiger partial charge in [-0.1, -0.05) is 71.2 Å². The molecule has 178 valence electrons. The van der Waals surface area contributed by atoms with Crippen molar-refractivity contribution in [3.8, 4) is 0 Å². The lowest BCUT2D eigenvalue weighted by Crippen LogP contribution is -2.52. The van der Waals surface area contributed by atoms with Crippen LogP contribution >= 0.6 is 23.2 Å². The van der Waals surface area contributed by atoms with Crippen molar-refractivity contribution >= 4 is 40.6 Å². The van der Waals surface area contributed by atoms with Crippen LogP contribution in [0.1, 0.15) is 51.4 Å². The summed E-state index contributed by atoms with van der Waals surface area (Å²) in [6.07, 6.45) is 1.94. The summed E-state index contributed by atoms with van der Waals surface area (Å²) in [6.45, 7) is 4.84. The Morgan fingerprint density at radius 2 is 1.80 bits per heavy atom. The number of rotatable bonds is 3. The third-order valence-corrected chi connectivity index (χ3v) is 8.86. The number of hydrogen-bond donors (Lipinski definition) is 1. The van der Waals surface area contributed by atoms with Crippen LogP contribution in [0, 0.1) is 19.8 Å². The van der Waals surface area contributed by atoms with Crippen LogP contribution in [0.2, 0.25) is 10.0 Å². The minimum Gasteiger partial charge on any atom is -0.324 e. The highest BCUT2D eigenvalue weighted by Crippen LogP contribution is 2.61. The topological polar surface area (TPSA) is 49.4 Å². The molecule has 3 aromatic carbocycles. The molecule has 6 rings (SSSR count). The van der Waals surface area contributed by atoms with E-state index >= 15 is 0 Å². The maximum Gasteiger partial charge on any atom is 0.250 e. The average Bonchev–Trinajstić information content (AvgIpc) is 3.50. The molecule has 2 fully saturated rings. The number of carbonyl (C=O) groups is 2. The van der Waals surface area contributed by atoms with Crippen LogP contribution in [0.3, 0.4) is 0 Å². The van der Waals surface area contributed by atoms with E-state index in [9.17, 15) is 9.59 Å². The van der Waals surface area contributed by atoms with Crippen LogP contribution in [0.4, 0.5) is 5.69 Å². The number of anilines is 1. The summed E-state index contributed by atoms with van der Waals surface area (Å²) in [5.41, 5.74) is 4.36. The molecule has 35 heavy (non-hydrogen) atoms. The summed E-state index contributed by atoms with van der Waals surface area (Å²) < 4.78 is 0. The molecule has 1 amide bonds. The van der Waals surface area contributed by atoms with Gasteiger partial charge >= 0.3 is 0 Å². The van der Waals surface area contributed by atoms with Gasteiger partial charge in [-0.2, -0.15) is 0 Å². The predicted molar refractivity (Wildman–Crippen MR) is 139 cm³/mol. The first-order chi connectivity index (χ1) is 16.8. The highest BCUT2D eigenvalue weighted by Gasteiger charge is 2.69. The summed E-state index contributed by atoms with van der Waals surface area (Å²) in [6, 6.07) is 19.5. The third-order valence-electron chi connectivity index (χ3n) is 8.12. The summed E-state index contributed by atoms with van der Waals surface area (Å²) >= 11 is 12.5. The quantitative estimate of drug-likeness (QED) is 0.413. The Morgan fingerprint density at radius 3 is 2.54 bits per heavy atom. The fourth-order valence-electron chi connectivity index (χ4n) is 6.90. The monoisotopic (exact) mass is 504 g/mol. The number of halogens is 2. The van der Waals surface area contributed by atoms with Crippen LogP contribution in [-0.4, -0.2) is 29.2 Å². The van der Waals surface area contributed by atoms with Gasteiger partial charge in [-0.15, -0.1) is 0 Å². The maximum absolute atomic E-state index is 14.5. The number of fused-ring (bicyclic) bond motifs is 4. The van der Waals surface area contributed by atoms with E-state index in [0.29, 0.717) is 15.6 Å². The molecule has 0 aromatic heterocycles. The van der Waals surface area contributed by atoms with Crippen molar-refractivity contribution in [1.82, 2.24) is 4.90 Å². The minimum atomic E-state index is -1.07. The van der Waals surface area contributed by atoms with E-state index in [-0.39, 0.29) is 23.7 Å². The summed E-state index contributed by atoms with van der Waals surface area (Å²) in [5, 5.41) is 3.93. The molecule has 0 bridgehead atoms. The van der Waals surface area contributed by atoms with E-state index in [1.807, 2.05) is 32.0 Å². The number of amides is 1. The van der Waals surface area contributed by atoms with Crippen molar-refractivity contribution in [2.45, 2.75) is 44.2 Å². The van der Waals surface area contributed by atoms with E-state index in [1.165, 1.54) is 0 Å².